The summed E-state index contributed by atoms with van der Waals surface area (Å²) in [5.74, 6) is -1.05. The second-order valence-electron chi connectivity index (χ2n) is 3.44. The molecule has 0 radical (unpaired) electrons. The minimum atomic E-state index is -3.06. The standard InChI is InChI=1S/C12H8F3NO2/c13-9-4-1-5-10(18-12(14)15)11(9)8-3-2-6-16(17)7-8/h1-7,12H. The Morgan fingerprint density at radius 1 is 1.17 bits per heavy atom. The van der Waals surface area contributed by atoms with Crippen LogP contribution in [0.3, 0.4) is 0 Å². The number of ether oxygens (including phenoxy) is 1. The van der Waals surface area contributed by atoms with Crippen LogP contribution in [0.15, 0.2) is 42.7 Å². The molecule has 0 aliphatic carbocycles. The fourth-order valence-electron chi connectivity index (χ4n) is 1.58. The van der Waals surface area contributed by atoms with Crippen LogP contribution in [0.25, 0.3) is 11.1 Å². The van der Waals surface area contributed by atoms with Gasteiger partial charge in [0.25, 0.3) is 0 Å². The maximum atomic E-state index is 13.7. The maximum absolute atomic E-state index is 13.7. The van der Waals surface area contributed by atoms with Gasteiger partial charge in [0.15, 0.2) is 12.4 Å². The summed E-state index contributed by atoms with van der Waals surface area (Å²) in [6.07, 6.45) is 2.29. The Labute approximate surface area is 101 Å². The van der Waals surface area contributed by atoms with E-state index in [4.69, 9.17) is 0 Å². The molecule has 2 aromatic rings. The zero-order valence-electron chi connectivity index (χ0n) is 9.02. The van der Waals surface area contributed by atoms with Crippen molar-refractivity contribution in [2.45, 2.75) is 6.61 Å². The van der Waals surface area contributed by atoms with Crippen molar-refractivity contribution < 1.29 is 22.6 Å². The zero-order chi connectivity index (χ0) is 13.1. The van der Waals surface area contributed by atoms with Gasteiger partial charge in [-0.3, -0.25) is 0 Å². The second-order valence-corrected chi connectivity index (χ2v) is 3.44. The molecule has 0 spiro atoms. The normalized spacial score (nSPS) is 10.7. The summed E-state index contributed by atoms with van der Waals surface area (Å²) < 4.78 is 42.8. The van der Waals surface area contributed by atoms with Crippen molar-refractivity contribution in [3.05, 3.63) is 53.7 Å². The summed E-state index contributed by atoms with van der Waals surface area (Å²) in [5, 5.41) is 11.1. The summed E-state index contributed by atoms with van der Waals surface area (Å²) in [4.78, 5) is 0. The number of pyridine rings is 1. The Hall–Kier alpha value is -2.24. The molecular weight excluding hydrogens is 247 g/mol. The molecule has 0 fully saturated rings. The largest absolute Gasteiger partial charge is 0.619 e. The van der Waals surface area contributed by atoms with Crippen LogP contribution in [0.1, 0.15) is 0 Å². The van der Waals surface area contributed by atoms with Crippen LogP contribution in [0.4, 0.5) is 13.2 Å². The van der Waals surface area contributed by atoms with Gasteiger partial charge in [0.1, 0.15) is 11.6 Å². The van der Waals surface area contributed by atoms with E-state index in [-0.39, 0.29) is 16.9 Å². The summed E-state index contributed by atoms with van der Waals surface area (Å²) in [6.45, 7) is -3.06. The van der Waals surface area contributed by atoms with Crippen molar-refractivity contribution in [2.24, 2.45) is 0 Å². The summed E-state index contributed by atoms with van der Waals surface area (Å²) in [7, 11) is 0. The summed E-state index contributed by atoms with van der Waals surface area (Å²) >= 11 is 0. The molecule has 0 bridgehead atoms. The van der Waals surface area contributed by atoms with Crippen molar-refractivity contribution in [3.63, 3.8) is 0 Å². The van der Waals surface area contributed by atoms with Crippen molar-refractivity contribution in [1.82, 2.24) is 0 Å². The smallest absolute Gasteiger partial charge is 0.387 e. The molecule has 6 heteroatoms. The lowest BCUT2D eigenvalue weighted by atomic mass is 10.1. The third-order valence-electron chi connectivity index (χ3n) is 2.26. The fourth-order valence-corrected chi connectivity index (χ4v) is 1.58. The molecule has 0 aliphatic rings. The first-order valence-electron chi connectivity index (χ1n) is 5.00. The van der Waals surface area contributed by atoms with Gasteiger partial charge in [0, 0.05) is 6.07 Å². The Bertz CT molecular complexity index is 561. The number of aromatic nitrogens is 1. The Balaban J connectivity index is 2.55. The van der Waals surface area contributed by atoms with E-state index in [0.717, 1.165) is 12.3 Å². The molecule has 0 saturated carbocycles. The first-order valence-corrected chi connectivity index (χ1v) is 5.00. The average Bonchev–Trinajstić information content (AvgIpc) is 2.28. The van der Waals surface area contributed by atoms with E-state index in [1.165, 1.54) is 30.5 Å². The zero-order valence-corrected chi connectivity index (χ0v) is 9.02. The number of hydrogen-bond donors (Lipinski definition) is 0. The van der Waals surface area contributed by atoms with Crippen molar-refractivity contribution >= 4 is 0 Å². The van der Waals surface area contributed by atoms with Crippen LogP contribution in [-0.4, -0.2) is 6.61 Å². The quantitative estimate of drug-likeness (QED) is 0.624. The molecular formula is C12H8F3NO2. The van der Waals surface area contributed by atoms with E-state index in [1.807, 2.05) is 0 Å². The monoisotopic (exact) mass is 255 g/mol. The number of alkyl halides is 2. The van der Waals surface area contributed by atoms with Gasteiger partial charge in [-0.05, 0) is 18.2 Å². The summed E-state index contributed by atoms with van der Waals surface area (Å²) in [5.41, 5.74) is 0.00394. The minimum Gasteiger partial charge on any atom is -0.619 e. The third-order valence-corrected chi connectivity index (χ3v) is 2.26. The Morgan fingerprint density at radius 3 is 2.61 bits per heavy atom. The molecule has 1 aromatic heterocycles. The van der Waals surface area contributed by atoms with E-state index in [2.05, 4.69) is 4.74 Å². The molecule has 0 atom stereocenters. The second kappa shape index (κ2) is 4.95. The van der Waals surface area contributed by atoms with Gasteiger partial charge >= 0.3 is 6.61 Å². The first kappa shape index (κ1) is 12.2. The number of hydrogen-bond acceptors (Lipinski definition) is 2. The molecule has 1 heterocycles. The van der Waals surface area contributed by atoms with Gasteiger partial charge in [0.05, 0.1) is 11.1 Å². The average molecular weight is 255 g/mol. The van der Waals surface area contributed by atoms with Crippen LogP contribution < -0.4 is 9.47 Å². The lowest BCUT2D eigenvalue weighted by molar-refractivity contribution is -0.604. The molecule has 94 valence electrons. The topological polar surface area (TPSA) is 36.2 Å². The SMILES string of the molecule is [O-][n+]1cccc(-c2c(F)cccc2OC(F)F)c1. The van der Waals surface area contributed by atoms with Gasteiger partial charge in [0.2, 0.25) is 0 Å². The lowest BCUT2D eigenvalue weighted by Crippen LogP contribution is -2.24. The van der Waals surface area contributed by atoms with Crippen molar-refractivity contribution in [2.75, 3.05) is 0 Å². The molecule has 3 nitrogen and oxygen atoms in total. The van der Waals surface area contributed by atoms with Gasteiger partial charge < -0.3 is 9.94 Å². The van der Waals surface area contributed by atoms with Crippen LogP contribution >= 0.6 is 0 Å². The van der Waals surface area contributed by atoms with E-state index < -0.39 is 12.4 Å². The van der Waals surface area contributed by atoms with Crippen LogP contribution in [0.5, 0.6) is 5.75 Å². The number of halogens is 3. The third kappa shape index (κ3) is 2.53. The fraction of sp³-hybridized carbons (Fsp3) is 0.0833. The number of nitrogens with zero attached hydrogens (tertiary/aromatic N) is 1. The minimum absolute atomic E-state index is 0.164. The highest BCUT2D eigenvalue weighted by Gasteiger charge is 2.16. The van der Waals surface area contributed by atoms with Gasteiger partial charge in [-0.15, -0.1) is 0 Å². The number of rotatable bonds is 3. The predicted molar refractivity (Wildman–Crippen MR) is 57.4 cm³/mol. The maximum Gasteiger partial charge on any atom is 0.387 e. The van der Waals surface area contributed by atoms with Crippen LogP contribution in [0.2, 0.25) is 0 Å². The van der Waals surface area contributed by atoms with E-state index >= 15 is 0 Å². The highest BCUT2D eigenvalue weighted by atomic mass is 19.3. The molecule has 0 unspecified atom stereocenters. The predicted octanol–water partition coefficient (Wildman–Crippen LogP) is 2.73. The lowest BCUT2D eigenvalue weighted by Gasteiger charge is -2.11. The van der Waals surface area contributed by atoms with Crippen molar-refractivity contribution in [1.29, 1.82) is 0 Å². The Kier molecular flexibility index (Phi) is 3.36. The highest BCUT2D eigenvalue weighted by molar-refractivity contribution is 5.69. The molecule has 0 saturated heterocycles. The molecule has 0 N–H and O–H groups in total. The van der Waals surface area contributed by atoms with E-state index in [0.29, 0.717) is 4.73 Å². The Morgan fingerprint density at radius 2 is 1.94 bits per heavy atom. The van der Waals surface area contributed by atoms with E-state index in [9.17, 15) is 18.4 Å². The number of benzene rings is 1. The first-order chi connectivity index (χ1) is 8.58. The highest BCUT2D eigenvalue weighted by Crippen LogP contribution is 2.32. The van der Waals surface area contributed by atoms with Crippen LogP contribution in [0, 0.1) is 11.0 Å². The van der Waals surface area contributed by atoms with Crippen LogP contribution in [-0.2, 0) is 0 Å². The summed E-state index contributed by atoms with van der Waals surface area (Å²) in [6, 6.07) is 6.40. The molecule has 0 amide bonds. The van der Waals surface area contributed by atoms with Gasteiger partial charge in [-0.25, -0.2) is 4.39 Å². The van der Waals surface area contributed by atoms with E-state index in [1.54, 1.807) is 0 Å². The molecule has 2 rings (SSSR count). The molecule has 0 aliphatic heterocycles. The van der Waals surface area contributed by atoms with Gasteiger partial charge in [-0.1, -0.05) is 6.07 Å². The van der Waals surface area contributed by atoms with Gasteiger partial charge in [-0.2, -0.15) is 13.5 Å². The van der Waals surface area contributed by atoms with Crippen molar-refractivity contribution in [3.8, 4) is 16.9 Å². The molecule has 1 aromatic carbocycles. The molecule has 18 heavy (non-hydrogen) atoms.